The summed E-state index contributed by atoms with van der Waals surface area (Å²) in [6.45, 7) is 0.406. The van der Waals surface area contributed by atoms with Gasteiger partial charge in [0.2, 0.25) is 11.8 Å². The smallest absolute Gasteiger partial charge is 0.228 e. The number of anilines is 4. The van der Waals surface area contributed by atoms with E-state index >= 15 is 0 Å². The molecule has 8 N–H and O–H groups in total. The number of hydrogen-bond donors (Lipinski definition) is 8. The summed E-state index contributed by atoms with van der Waals surface area (Å²) in [5.74, 6) is 0.825. The highest BCUT2D eigenvalue weighted by Gasteiger charge is 2.44. The Morgan fingerprint density at radius 3 is 2.09 bits per heavy atom. The number of carbonyl (C=O) groups excluding carboxylic acids is 2. The lowest BCUT2D eigenvalue weighted by Gasteiger charge is -2.16. The molecule has 16 nitrogen and oxygen atoms in total. The number of ether oxygens (including phenoxy) is 2. The zero-order valence-corrected chi connectivity index (χ0v) is 29.4. The van der Waals surface area contributed by atoms with Crippen LogP contribution < -0.4 is 31.3 Å². The average molecular weight is 742 g/mol. The van der Waals surface area contributed by atoms with E-state index < -0.39 is 31.1 Å². The second-order valence-corrected chi connectivity index (χ2v) is 12.6. The van der Waals surface area contributed by atoms with Gasteiger partial charge < -0.3 is 51.4 Å². The van der Waals surface area contributed by atoms with Crippen LogP contribution in [-0.2, 0) is 27.2 Å². The van der Waals surface area contributed by atoms with Crippen molar-refractivity contribution in [2.75, 3.05) is 42.8 Å². The fraction of sp³-hybridized carbons (Fsp3) is 0.278. The molecule has 0 bridgehead atoms. The molecule has 1 aliphatic rings. The minimum Gasteiger partial charge on any atom is -0.497 e. The van der Waals surface area contributed by atoms with Crippen LogP contribution in [0.5, 0.6) is 5.75 Å². The third-order valence-electron chi connectivity index (χ3n) is 8.41. The van der Waals surface area contributed by atoms with E-state index in [-0.39, 0.29) is 24.7 Å². The molecule has 6 rings (SSSR count). The number of nitrogens with zero attached hydrogens (tertiary/aromatic N) is 4. The van der Waals surface area contributed by atoms with Crippen molar-refractivity contribution in [3.63, 3.8) is 0 Å². The molecule has 1 fully saturated rings. The highest BCUT2D eigenvalue weighted by molar-refractivity contribution is 7.80. The molecule has 3 heterocycles. The molecule has 0 unspecified atom stereocenters. The van der Waals surface area contributed by atoms with E-state index in [4.69, 9.17) is 21.7 Å². The SMILES string of the molecule is COc1ccc(NC(=S)NCCNC(=O)Cc2ccc(NC(=O)Cc3ccc(Nc4ncnc5c4ncn5[C@@H]4O[C@H](CO)[C@@H](O)[C@H]4O)cc3)cc2)cc1. The van der Waals surface area contributed by atoms with Gasteiger partial charge in [0.15, 0.2) is 28.3 Å². The molecule has 1 aliphatic heterocycles. The summed E-state index contributed by atoms with van der Waals surface area (Å²) in [4.78, 5) is 38.2. The lowest BCUT2D eigenvalue weighted by molar-refractivity contribution is -0.120. The quantitative estimate of drug-likeness (QED) is 0.0604. The molecule has 17 heteroatoms. The van der Waals surface area contributed by atoms with Gasteiger partial charge in [-0.2, -0.15) is 0 Å². The Balaban J connectivity index is 0.927. The first-order chi connectivity index (χ1) is 25.7. The summed E-state index contributed by atoms with van der Waals surface area (Å²) in [6, 6.07) is 21.7. The van der Waals surface area contributed by atoms with Crippen LogP contribution in [0, 0.1) is 0 Å². The maximum Gasteiger partial charge on any atom is 0.228 e. The van der Waals surface area contributed by atoms with Gasteiger partial charge in [0.05, 0.1) is 32.9 Å². The van der Waals surface area contributed by atoms with Crippen molar-refractivity contribution in [1.29, 1.82) is 0 Å². The summed E-state index contributed by atoms with van der Waals surface area (Å²) in [7, 11) is 1.61. The summed E-state index contributed by atoms with van der Waals surface area (Å²) in [5.41, 5.74) is 4.50. The number of aliphatic hydroxyl groups excluding tert-OH is 3. The van der Waals surface area contributed by atoms with Crippen LogP contribution in [0.3, 0.4) is 0 Å². The predicted octanol–water partition coefficient (Wildman–Crippen LogP) is 2.02. The fourth-order valence-corrected chi connectivity index (χ4v) is 5.87. The number of benzene rings is 3. The van der Waals surface area contributed by atoms with Crippen LogP contribution in [0.2, 0.25) is 0 Å². The van der Waals surface area contributed by atoms with Gasteiger partial charge in [-0.15, -0.1) is 0 Å². The van der Waals surface area contributed by atoms with Gasteiger partial charge in [-0.1, -0.05) is 24.3 Å². The molecule has 4 atom stereocenters. The number of carbonyl (C=O) groups is 2. The maximum atomic E-state index is 12.8. The van der Waals surface area contributed by atoms with E-state index in [0.29, 0.717) is 46.6 Å². The number of aromatic nitrogens is 4. The Labute approximate surface area is 309 Å². The molecular weight excluding hydrogens is 703 g/mol. The van der Waals surface area contributed by atoms with E-state index in [0.717, 1.165) is 22.6 Å². The summed E-state index contributed by atoms with van der Waals surface area (Å²) in [5, 5.41) is 45.5. The molecule has 5 aromatic rings. The number of fused-ring (bicyclic) bond motifs is 1. The van der Waals surface area contributed by atoms with Gasteiger partial charge in [-0.05, 0) is 71.9 Å². The van der Waals surface area contributed by atoms with Crippen LogP contribution in [0.25, 0.3) is 11.2 Å². The van der Waals surface area contributed by atoms with Gasteiger partial charge in [-0.25, -0.2) is 15.0 Å². The molecule has 3 aromatic carbocycles. The van der Waals surface area contributed by atoms with Crippen LogP contribution in [0.1, 0.15) is 17.4 Å². The van der Waals surface area contributed by atoms with Crippen molar-refractivity contribution in [3.05, 3.63) is 96.6 Å². The first-order valence-corrected chi connectivity index (χ1v) is 17.1. The first-order valence-electron chi connectivity index (χ1n) is 16.7. The second-order valence-electron chi connectivity index (χ2n) is 12.2. The second kappa shape index (κ2) is 17.2. The van der Waals surface area contributed by atoms with Gasteiger partial charge in [-0.3, -0.25) is 14.2 Å². The Morgan fingerprint density at radius 2 is 1.43 bits per heavy atom. The van der Waals surface area contributed by atoms with Crippen LogP contribution in [0.15, 0.2) is 85.5 Å². The first kappa shape index (κ1) is 37.1. The van der Waals surface area contributed by atoms with Crippen molar-refractivity contribution in [2.24, 2.45) is 0 Å². The lowest BCUT2D eigenvalue weighted by Crippen LogP contribution is -2.37. The summed E-state index contributed by atoms with van der Waals surface area (Å²) < 4.78 is 12.3. The Bertz CT molecular complexity index is 2030. The summed E-state index contributed by atoms with van der Waals surface area (Å²) >= 11 is 5.30. The maximum absolute atomic E-state index is 12.8. The number of amides is 2. The molecule has 0 radical (unpaired) electrons. The van der Waals surface area contributed by atoms with E-state index in [9.17, 15) is 24.9 Å². The van der Waals surface area contributed by atoms with Crippen molar-refractivity contribution < 1.29 is 34.4 Å². The van der Waals surface area contributed by atoms with Crippen LogP contribution >= 0.6 is 12.2 Å². The topological polar surface area (TPSA) is 217 Å². The van der Waals surface area contributed by atoms with E-state index in [1.165, 1.54) is 17.2 Å². The number of nitrogens with one attached hydrogen (secondary N) is 5. The highest BCUT2D eigenvalue weighted by atomic mass is 32.1. The number of methoxy groups -OCH3 is 1. The molecule has 1 saturated heterocycles. The number of aliphatic hydroxyl groups is 3. The molecular formula is C36H39N9O7S. The average Bonchev–Trinajstić information content (AvgIpc) is 3.72. The van der Waals surface area contributed by atoms with Crippen molar-refractivity contribution >= 4 is 63.2 Å². The Hall–Kier alpha value is -5.72. The highest BCUT2D eigenvalue weighted by Crippen LogP contribution is 2.32. The molecule has 0 aliphatic carbocycles. The van der Waals surface area contributed by atoms with Crippen LogP contribution in [-0.4, -0.2) is 96.9 Å². The van der Waals surface area contributed by atoms with Crippen LogP contribution in [0.4, 0.5) is 22.9 Å². The third kappa shape index (κ3) is 9.39. The number of hydrogen-bond acceptors (Lipinski definition) is 12. The normalized spacial score (nSPS) is 18.0. The molecule has 53 heavy (non-hydrogen) atoms. The molecule has 2 aromatic heterocycles. The summed E-state index contributed by atoms with van der Waals surface area (Å²) in [6.07, 6.45) is -1.34. The Morgan fingerprint density at radius 1 is 0.811 bits per heavy atom. The lowest BCUT2D eigenvalue weighted by atomic mass is 10.1. The van der Waals surface area contributed by atoms with Gasteiger partial charge in [0.1, 0.15) is 30.4 Å². The monoisotopic (exact) mass is 741 g/mol. The fourth-order valence-electron chi connectivity index (χ4n) is 5.65. The number of rotatable bonds is 14. The van der Waals surface area contributed by atoms with Crippen molar-refractivity contribution in [2.45, 2.75) is 37.4 Å². The minimum atomic E-state index is -1.28. The van der Waals surface area contributed by atoms with Gasteiger partial charge in [0, 0.05) is 30.2 Å². The third-order valence-corrected chi connectivity index (χ3v) is 8.66. The molecule has 2 amide bonds. The zero-order valence-electron chi connectivity index (χ0n) is 28.6. The van der Waals surface area contributed by atoms with Gasteiger partial charge in [0.25, 0.3) is 0 Å². The van der Waals surface area contributed by atoms with Crippen molar-refractivity contribution in [3.8, 4) is 5.75 Å². The van der Waals surface area contributed by atoms with E-state index in [1.807, 2.05) is 48.5 Å². The van der Waals surface area contributed by atoms with Crippen molar-refractivity contribution in [1.82, 2.24) is 30.2 Å². The number of imidazole rings is 1. The van der Waals surface area contributed by atoms with Gasteiger partial charge >= 0.3 is 0 Å². The standard InChI is InChI=1S/C36H39N9O7S/c1-51-26-12-10-25(11-13-26)44-36(53)38-15-14-37-28(47)16-21-2-6-23(7-3-21)42-29(48)17-22-4-8-24(9-5-22)43-33-30-34(40-19-39-33)45(20-41-30)35-32(50)31(49)27(18-46)52-35/h2-13,19-20,27,31-32,35,46,49-50H,14-18H2,1H3,(H,37,47)(H,42,48)(H2,38,44,53)(H,39,40,43)/t27-,31-,32-,35-/m1/s1. The Kier molecular flexibility index (Phi) is 12.0. The van der Waals surface area contributed by atoms with E-state index in [2.05, 4.69) is 41.5 Å². The molecule has 0 saturated carbocycles. The van der Waals surface area contributed by atoms with E-state index in [1.54, 1.807) is 31.4 Å². The minimum absolute atomic E-state index is 0.134. The zero-order chi connectivity index (χ0) is 37.3. The molecule has 0 spiro atoms. The largest absolute Gasteiger partial charge is 0.497 e. The number of thiocarbonyl (C=S) groups is 1. The predicted molar refractivity (Wildman–Crippen MR) is 201 cm³/mol. The molecule has 276 valence electrons.